The van der Waals surface area contributed by atoms with Crippen molar-refractivity contribution in [2.45, 2.75) is 24.7 Å². The fourth-order valence-electron chi connectivity index (χ4n) is 2.13. The molecule has 0 aromatic heterocycles. The zero-order valence-electron chi connectivity index (χ0n) is 9.06. The topological polar surface area (TPSA) is 66.8 Å². The van der Waals surface area contributed by atoms with Gasteiger partial charge in [0, 0.05) is 0 Å². The molecule has 2 rings (SSSR count). The second-order valence-electron chi connectivity index (χ2n) is 4.13. The molecular formula is C12H14O4. The average molecular weight is 222 g/mol. The normalized spacial score (nSPS) is 17.6. The van der Waals surface area contributed by atoms with Crippen LogP contribution in [0.15, 0.2) is 18.2 Å². The lowest BCUT2D eigenvalue weighted by Crippen LogP contribution is -2.42. The molecule has 86 valence electrons. The number of benzene rings is 1. The number of phenols is 1. The number of carbonyl (C=O) groups is 1. The van der Waals surface area contributed by atoms with Crippen LogP contribution < -0.4 is 4.74 Å². The summed E-state index contributed by atoms with van der Waals surface area (Å²) < 4.78 is 4.99. The second kappa shape index (κ2) is 3.70. The molecule has 0 radical (unpaired) electrons. The van der Waals surface area contributed by atoms with Gasteiger partial charge in [0.05, 0.1) is 12.5 Å². The maximum Gasteiger partial charge on any atom is 0.314 e. The van der Waals surface area contributed by atoms with Crippen LogP contribution in [0.2, 0.25) is 0 Å². The highest BCUT2D eigenvalue weighted by atomic mass is 16.5. The van der Waals surface area contributed by atoms with Gasteiger partial charge in [0.15, 0.2) is 11.5 Å². The second-order valence-corrected chi connectivity index (χ2v) is 4.13. The van der Waals surface area contributed by atoms with E-state index in [4.69, 9.17) is 4.74 Å². The number of hydrogen-bond acceptors (Lipinski definition) is 3. The summed E-state index contributed by atoms with van der Waals surface area (Å²) in [5, 5.41) is 18.7. The highest BCUT2D eigenvalue weighted by molar-refractivity contribution is 5.82. The minimum Gasteiger partial charge on any atom is -0.504 e. The Morgan fingerprint density at radius 1 is 1.44 bits per heavy atom. The Morgan fingerprint density at radius 2 is 2.12 bits per heavy atom. The number of aromatic hydroxyl groups is 1. The van der Waals surface area contributed by atoms with Gasteiger partial charge in [-0.1, -0.05) is 12.5 Å². The minimum absolute atomic E-state index is 0.0334. The van der Waals surface area contributed by atoms with E-state index in [9.17, 15) is 15.0 Å². The maximum atomic E-state index is 11.3. The number of carboxylic acid groups (broad SMARTS) is 1. The van der Waals surface area contributed by atoms with Gasteiger partial charge in [-0.2, -0.15) is 0 Å². The fourth-order valence-corrected chi connectivity index (χ4v) is 2.13. The summed E-state index contributed by atoms with van der Waals surface area (Å²) in [6.45, 7) is 0. The smallest absolute Gasteiger partial charge is 0.314 e. The van der Waals surface area contributed by atoms with Crippen molar-refractivity contribution in [2.24, 2.45) is 0 Å². The van der Waals surface area contributed by atoms with Crippen LogP contribution in [0.25, 0.3) is 0 Å². The summed E-state index contributed by atoms with van der Waals surface area (Å²) in [6, 6.07) is 4.75. The number of hydrogen-bond donors (Lipinski definition) is 2. The maximum absolute atomic E-state index is 11.3. The predicted octanol–water partition coefficient (Wildman–Crippen LogP) is 1.91. The van der Waals surface area contributed by atoms with Crippen molar-refractivity contribution in [3.05, 3.63) is 23.8 Å². The average Bonchev–Trinajstić information content (AvgIpc) is 2.18. The lowest BCUT2D eigenvalue weighted by molar-refractivity contribution is -0.147. The first kappa shape index (κ1) is 10.8. The van der Waals surface area contributed by atoms with Crippen molar-refractivity contribution in [3.63, 3.8) is 0 Å². The van der Waals surface area contributed by atoms with Crippen molar-refractivity contribution >= 4 is 5.97 Å². The Balaban J connectivity index is 2.43. The Bertz CT molecular complexity index is 421. The molecule has 0 unspecified atom stereocenters. The third kappa shape index (κ3) is 1.41. The quantitative estimate of drug-likeness (QED) is 0.819. The molecule has 0 amide bonds. The van der Waals surface area contributed by atoms with E-state index >= 15 is 0 Å². The predicted molar refractivity (Wildman–Crippen MR) is 57.8 cm³/mol. The summed E-state index contributed by atoms with van der Waals surface area (Å²) in [5.41, 5.74) is -0.0676. The van der Waals surface area contributed by atoms with E-state index in [0.717, 1.165) is 6.42 Å². The van der Waals surface area contributed by atoms with Crippen molar-refractivity contribution in [1.82, 2.24) is 0 Å². The monoisotopic (exact) mass is 222 g/mol. The zero-order valence-corrected chi connectivity index (χ0v) is 9.06. The van der Waals surface area contributed by atoms with E-state index in [1.165, 1.54) is 13.2 Å². The van der Waals surface area contributed by atoms with Crippen LogP contribution in [0.3, 0.4) is 0 Å². The molecular weight excluding hydrogens is 208 g/mol. The van der Waals surface area contributed by atoms with Crippen molar-refractivity contribution in [2.75, 3.05) is 7.11 Å². The fraction of sp³-hybridized carbons (Fsp3) is 0.417. The minimum atomic E-state index is -0.800. The molecule has 0 atom stereocenters. The van der Waals surface area contributed by atoms with Crippen LogP contribution in [-0.2, 0) is 10.2 Å². The van der Waals surface area contributed by atoms with Gasteiger partial charge in [-0.05, 0) is 30.5 Å². The Morgan fingerprint density at radius 3 is 2.56 bits per heavy atom. The van der Waals surface area contributed by atoms with E-state index in [-0.39, 0.29) is 5.75 Å². The summed E-state index contributed by atoms with van der Waals surface area (Å²) in [5.74, 6) is -0.442. The number of methoxy groups -OCH3 is 1. The van der Waals surface area contributed by atoms with Gasteiger partial charge in [0.1, 0.15) is 0 Å². The summed E-state index contributed by atoms with van der Waals surface area (Å²) in [7, 11) is 1.45. The van der Waals surface area contributed by atoms with Gasteiger partial charge in [-0.25, -0.2) is 0 Å². The first-order chi connectivity index (χ1) is 7.60. The van der Waals surface area contributed by atoms with E-state index in [1.807, 2.05) is 0 Å². The van der Waals surface area contributed by atoms with Crippen LogP contribution in [0.5, 0.6) is 11.5 Å². The molecule has 1 aromatic carbocycles. The molecule has 0 saturated heterocycles. The molecule has 0 heterocycles. The molecule has 1 aromatic rings. The van der Waals surface area contributed by atoms with E-state index in [2.05, 4.69) is 0 Å². The molecule has 1 aliphatic carbocycles. The molecule has 0 bridgehead atoms. The number of rotatable bonds is 3. The van der Waals surface area contributed by atoms with Gasteiger partial charge in [0.2, 0.25) is 0 Å². The molecule has 2 N–H and O–H groups in total. The molecule has 1 fully saturated rings. The lowest BCUT2D eigenvalue weighted by atomic mass is 9.64. The number of carboxylic acids is 1. The summed E-state index contributed by atoms with van der Waals surface area (Å²) in [4.78, 5) is 11.3. The summed E-state index contributed by atoms with van der Waals surface area (Å²) >= 11 is 0. The van der Waals surface area contributed by atoms with Gasteiger partial charge in [-0.15, -0.1) is 0 Å². The highest BCUT2D eigenvalue weighted by Gasteiger charge is 2.46. The molecule has 16 heavy (non-hydrogen) atoms. The number of phenolic OH excluding ortho intramolecular Hbond substituents is 1. The molecule has 0 aliphatic heterocycles. The van der Waals surface area contributed by atoms with Crippen LogP contribution in [0, 0.1) is 0 Å². The van der Waals surface area contributed by atoms with Gasteiger partial charge < -0.3 is 14.9 Å². The molecule has 4 nitrogen and oxygen atoms in total. The first-order valence-corrected chi connectivity index (χ1v) is 5.21. The SMILES string of the molecule is COc1cc(C2(C(=O)O)CCC2)ccc1O. The Hall–Kier alpha value is -1.71. The van der Waals surface area contributed by atoms with E-state index in [1.54, 1.807) is 12.1 Å². The van der Waals surface area contributed by atoms with Crippen LogP contribution in [0.1, 0.15) is 24.8 Å². The van der Waals surface area contributed by atoms with Crippen LogP contribution in [0.4, 0.5) is 0 Å². The van der Waals surface area contributed by atoms with Crippen LogP contribution >= 0.6 is 0 Å². The first-order valence-electron chi connectivity index (χ1n) is 5.21. The number of ether oxygens (including phenoxy) is 1. The largest absolute Gasteiger partial charge is 0.504 e. The highest BCUT2D eigenvalue weighted by Crippen LogP contribution is 2.45. The zero-order chi connectivity index (χ0) is 11.8. The van der Waals surface area contributed by atoms with Crippen LogP contribution in [-0.4, -0.2) is 23.3 Å². The van der Waals surface area contributed by atoms with Gasteiger partial charge in [-0.3, -0.25) is 4.79 Å². The standard InChI is InChI=1S/C12H14O4/c1-16-10-7-8(3-4-9(10)13)12(11(14)15)5-2-6-12/h3-4,7,13H,2,5-6H2,1H3,(H,14,15). The molecule has 1 saturated carbocycles. The molecule has 1 aliphatic rings. The summed E-state index contributed by atoms with van der Waals surface area (Å²) in [6.07, 6.45) is 2.22. The van der Waals surface area contributed by atoms with E-state index < -0.39 is 11.4 Å². The molecule has 0 spiro atoms. The third-order valence-corrected chi connectivity index (χ3v) is 3.35. The van der Waals surface area contributed by atoms with Crippen molar-refractivity contribution in [1.29, 1.82) is 0 Å². The van der Waals surface area contributed by atoms with Crippen molar-refractivity contribution < 1.29 is 19.7 Å². The van der Waals surface area contributed by atoms with Crippen molar-refractivity contribution in [3.8, 4) is 11.5 Å². The lowest BCUT2D eigenvalue weighted by Gasteiger charge is -2.38. The van der Waals surface area contributed by atoms with E-state index in [0.29, 0.717) is 24.2 Å². The Labute approximate surface area is 93.5 Å². The van der Waals surface area contributed by atoms with Gasteiger partial charge in [0.25, 0.3) is 0 Å². The Kier molecular flexibility index (Phi) is 2.50. The third-order valence-electron chi connectivity index (χ3n) is 3.35. The van der Waals surface area contributed by atoms with Gasteiger partial charge >= 0.3 is 5.97 Å². The molecule has 4 heteroatoms. The number of aliphatic carboxylic acids is 1.